The highest BCUT2D eigenvalue weighted by molar-refractivity contribution is 5.96. The summed E-state index contributed by atoms with van der Waals surface area (Å²) in [5, 5.41) is 18.2. The number of phenolic OH excluding ortho intramolecular Hbond substituents is 1. The molecule has 14 heavy (non-hydrogen) atoms. The van der Waals surface area contributed by atoms with Crippen LogP contribution in [0.4, 0.5) is 4.39 Å². The fourth-order valence-electron chi connectivity index (χ4n) is 1.30. The van der Waals surface area contributed by atoms with Gasteiger partial charge in [0, 0.05) is 11.5 Å². The van der Waals surface area contributed by atoms with Gasteiger partial charge in [-0.15, -0.1) is 0 Å². The molecule has 0 saturated heterocycles. The summed E-state index contributed by atoms with van der Waals surface area (Å²) < 4.78 is 12.8. The molecular weight excluding hydrogens is 189 g/mol. The number of aromatic carboxylic acids is 1. The molecular formula is C9H6FNO3. The van der Waals surface area contributed by atoms with Crippen molar-refractivity contribution in [1.29, 1.82) is 0 Å². The molecule has 72 valence electrons. The number of carboxylic acids is 1. The molecule has 0 aliphatic heterocycles. The van der Waals surface area contributed by atoms with E-state index >= 15 is 0 Å². The zero-order valence-electron chi connectivity index (χ0n) is 6.91. The predicted octanol–water partition coefficient (Wildman–Crippen LogP) is 1.71. The topological polar surface area (TPSA) is 73.3 Å². The van der Waals surface area contributed by atoms with Gasteiger partial charge in [-0.3, -0.25) is 0 Å². The molecule has 0 aliphatic carbocycles. The van der Waals surface area contributed by atoms with Crippen molar-refractivity contribution >= 4 is 16.9 Å². The molecule has 0 amide bonds. The van der Waals surface area contributed by atoms with E-state index in [9.17, 15) is 14.3 Å². The van der Waals surface area contributed by atoms with Crippen molar-refractivity contribution in [2.45, 2.75) is 0 Å². The van der Waals surface area contributed by atoms with Crippen LogP contribution < -0.4 is 0 Å². The SMILES string of the molecule is O=C(O)c1cc2c(O)cc(F)cc2[nH]1. The van der Waals surface area contributed by atoms with Crippen LogP contribution in [0.25, 0.3) is 10.9 Å². The molecule has 1 heterocycles. The average molecular weight is 195 g/mol. The second-order valence-corrected chi connectivity index (χ2v) is 2.87. The Balaban J connectivity index is 2.76. The number of aromatic nitrogens is 1. The Hall–Kier alpha value is -2.04. The largest absolute Gasteiger partial charge is 0.507 e. The highest BCUT2D eigenvalue weighted by atomic mass is 19.1. The van der Waals surface area contributed by atoms with Crippen LogP contribution in [-0.4, -0.2) is 21.2 Å². The molecule has 5 heteroatoms. The van der Waals surface area contributed by atoms with Crippen LogP contribution in [0.1, 0.15) is 10.5 Å². The van der Waals surface area contributed by atoms with Gasteiger partial charge in [0.1, 0.15) is 17.3 Å². The molecule has 4 nitrogen and oxygen atoms in total. The lowest BCUT2D eigenvalue weighted by molar-refractivity contribution is 0.0691. The number of aromatic hydroxyl groups is 1. The minimum atomic E-state index is -1.15. The molecule has 0 bridgehead atoms. The number of carboxylic acid groups (broad SMARTS) is 1. The summed E-state index contributed by atoms with van der Waals surface area (Å²) in [5.74, 6) is -2.04. The van der Waals surface area contributed by atoms with E-state index in [1.165, 1.54) is 6.07 Å². The van der Waals surface area contributed by atoms with Crippen LogP contribution in [0, 0.1) is 5.82 Å². The summed E-state index contributed by atoms with van der Waals surface area (Å²) in [7, 11) is 0. The number of halogens is 1. The van der Waals surface area contributed by atoms with Crippen LogP contribution in [0.3, 0.4) is 0 Å². The third-order valence-electron chi connectivity index (χ3n) is 1.91. The van der Waals surface area contributed by atoms with Crippen LogP contribution in [0.2, 0.25) is 0 Å². The predicted molar refractivity (Wildman–Crippen MR) is 46.9 cm³/mol. The summed E-state index contributed by atoms with van der Waals surface area (Å²) in [5.41, 5.74) is 0.181. The third kappa shape index (κ3) is 1.19. The standard InChI is InChI=1S/C9H6FNO3/c10-4-1-6-5(8(12)2-4)3-7(11-6)9(13)14/h1-3,11-12H,(H,13,14). The van der Waals surface area contributed by atoms with E-state index in [2.05, 4.69) is 4.98 Å². The van der Waals surface area contributed by atoms with Crippen LogP contribution >= 0.6 is 0 Å². The summed E-state index contributed by atoms with van der Waals surface area (Å²) >= 11 is 0. The second kappa shape index (κ2) is 2.73. The minimum absolute atomic E-state index is 0.0825. The second-order valence-electron chi connectivity index (χ2n) is 2.87. The lowest BCUT2D eigenvalue weighted by Gasteiger charge is -1.93. The van der Waals surface area contributed by atoms with E-state index in [1.807, 2.05) is 0 Å². The van der Waals surface area contributed by atoms with Gasteiger partial charge < -0.3 is 15.2 Å². The first-order valence-electron chi connectivity index (χ1n) is 3.82. The van der Waals surface area contributed by atoms with Crippen molar-refractivity contribution in [2.24, 2.45) is 0 Å². The Morgan fingerprint density at radius 3 is 2.71 bits per heavy atom. The summed E-state index contributed by atoms with van der Waals surface area (Å²) in [4.78, 5) is 13.0. The quantitative estimate of drug-likeness (QED) is 0.648. The lowest BCUT2D eigenvalue weighted by atomic mass is 10.2. The molecule has 0 unspecified atom stereocenters. The minimum Gasteiger partial charge on any atom is -0.507 e. The Morgan fingerprint density at radius 1 is 1.36 bits per heavy atom. The van der Waals surface area contributed by atoms with E-state index < -0.39 is 11.8 Å². The lowest BCUT2D eigenvalue weighted by Crippen LogP contribution is -1.94. The molecule has 0 aliphatic rings. The van der Waals surface area contributed by atoms with Gasteiger partial charge in [-0.25, -0.2) is 9.18 Å². The van der Waals surface area contributed by atoms with Gasteiger partial charge >= 0.3 is 5.97 Å². The van der Waals surface area contributed by atoms with Gasteiger partial charge in [-0.1, -0.05) is 0 Å². The maximum atomic E-state index is 12.8. The molecule has 0 atom stereocenters. The smallest absolute Gasteiger partial charge is 0.352 e. The number of aromatic amines is 1. The Kier molecular flexibility index (Phi) is 1.67. The monoisotopic (exact) mass is 195 g/mol. The fourth-order valence-corrected chi connectivity index (χ4v) is 1.30. The average Bonchev–Trinajstić information content (AvgIpc) is 2.47. The van der Waals surface area contributed by atoms with Crippen LogP contribution in [0.5, 0.6) is 5.75 Å². The Morgan fingerprint density at radius 2 is 2.07 bits per heavy atom. The first-order chi connectivity index (χ1) is 6.58. The number of phenols is 1. The molecule has 0 fully saturated rings. The number of hydrogen-bond donors (Lipinski definition) is 3. The van der Waals surface area contributed by atoms with Gasteiger partial charge in [0.2, 0.25) is 0 Å². The van der Waals surface area contributed by atoms with Gasteiger partial charge in [-0.2, -0.15) is 0 Å². The highest BCUT2D eigenvalue weighted by Gasteiger charge is 2.10. The normalized spacial score (nSPS) is 10.6. The summed E-state index contributed by atoms with van der Waals surface area (Å²) in [6.45, 7) is 0. The highest BCUT2D eigenvalue weighted by Crippen LogP contribution is 2.26. The number of rotatable bonds is 1. The van der Waals surface area contributed by atoms with Gasteiger partial charge in [0.05, 0.1) is 5.52 Å². The third-order valence-corrected chi connectivity index (χ3v) is 1.91. The first kappa shape index (κ1) is 8.55. The zero-order chi connectivity index (χ0) is 10.3. The van der Waals surface area contributed by atoms with Crippen molar-refractivity contribution in [2.75, 3.05) is 0 Å². The summed E-state index contributed by atoms with van der Waals surface area (Å²) in [6.07, 6.45) is 0. The van der Waals surface area contributed by atoms with E-state index in [1.54, 1.807) is 0 Å². The number of hydrogen-bond acceptors (Lipinski definition) is 2. The summed E-state index contributed by atoms with van der Waals surface area (Å²) in [6, 6.07) is 3.32. The van der Waals surface area contributed by atoms with Gasteiger partial charge in [0.25, 0.3) is 0 Å². The number of benzene rings is 1. The molecule has 0 saturated carbocycles. The Labute approximate surface area is 77.6 Å². The van der Waals surface area contributed by atoms with E-state index in [-0.39, 0.29) is 17.0 Å². The number of fused-ring (bicyclic) bond motifs is 1. The molecule has 0 radical (unpaired) electrons. The molecule has 2 rings (SSSR count). The molecule has 0 spiro atoms. The van der Waals surface area contributed by atoms with E-state index in [0.29, 0.717) is 5.39 Å². The number of nitrogens with one attached hydrogen (secondary N) is 1. The molecule has 2 aromatic rings. The van der Waals surface area contributed by atoms with Crippen molar-refractivity contribution in [1.82, 2.24) is 4.98 Å². The van der Waals surface area contributed by atoms with Gasteiger partial charge in [-0.05, 0) is 12.1 Å². The van der Waals surface area contributed by atoms with Crippen molar-refractivity contribution in [3.63, 3.8) is 0 Å². The maximum Gasteiger partial charge on any atom is 0.352 e. The number of carbonyl (C=O) groups is 1. The van der Waals surface area contributed by atoms with E-state index in [0.717, 1.165) is 12.1 Å². The van der Waals surface area contributed by atoms with Crippen LogP contribution in [0.15, 0.2) is 18.2 Å². The Bertz CT molecular complexity index is 518. The fraction of sp³-hybridized carbons (Fsp3) is 0. The van der Waals surface area contributed by atoms with Crippen molar-refractivity contribution in [3.05, 3.63) is 29.7 Å². The first-order valence-corrected chi connectivity index (χ1v) is 3.82. The van der Waals surface area contributed by atoms with Crippen LogP contribution in [-0.2, 0) is 0 Å². The molecule has 3 N–H and O–H groups in total. The zero-order valence-corrected chi connectivity index (χ0v) is 6.91. The van der Waals surface area contributed by atoms with Crippen molar-refractivity contribution in [3.8, 4) is 5.75 Å². The number of H-pyrrole nitrogens is 1. The molecule has 1 aromatic carbocycles. The van der Waals surface area contributed by atoms with Gasteiger partial charge in [0.15, 0.2) is 0 Å². The maximum absolute atomic E-state index is 12.8. The van der Waals surface area contributed by atoms with Crippen molar-refractivity contribution < 1.29 is 19.4 Å². The molecule has 1 aromatic heterocycles. The van der Waals surface area contributed by atoms with E-state index in [4.69, 9.17) is 5.11 Å².